The molecule has 3 heterocycles. The van der Waals surface area contributed by atoms with Gasteiger partial charge in [0.1, 0.15) is 33.1 Å². The summed E-state index contributed by atoms with van der Waals surface area (Å²) in [6.07, 6.45) is 0. The molecule has 3 aromatic heterocycles. The SMILES string of the molecule is CC.Cc1ccc2nc3c4nc5cc(C)ccc5nc4c4nc5cc(C)ccc5nc4c3nc2c1. The van der Waals surface area contributed by atoms with Gasteiger partial charge in [-0.3, -0.25) is 0 Å². The predicted molar refractivity (Wildman–Crippen MR) is 144 cm³/mol. The number of fused-ring (bicyclic) bond motifs is 9. The Kier molecular flexibility index (Phi) is 4.78. The lowest BCUT2D eigenvalue weighted by molar-refractivity contribution is 1.32. The summed E-state index contributed by atoms with van der Waals surface area (Å²) in [5.41, 5.74) is 12.6. The zero-order chi connectivity index (χ0) is 24.3. The molecule has 0 spiro atoms. The fourth-order valence-corrected chi connectivity index (χ4v) is 4.48. The van der Waals surface area contributed by atoms with E-state index in [0.29, 0.717) is 33.1 Å². The zero-order valence-electron chi connectivity index (χ0n) is 20.4. The average Bonchev–Trinajstić information content (AvgIpc) is 2.87. The number of aromatic nitrogens is 6. The van der Waals surface area contributed by atoms with Crippen LogP contribution in [-0.2, 0) is 0 Å². The minimum Gasteiger partial charge on any atom is -0.242 e. The van der Waals surface area contributed by atoms with Gasteiger partial charge in [0.2, 0.25) is 0 Å². The first-order chi connectivity index (χ1) is 17.0. The van der Waals surface area contributed by atoms with E-state index in [1.54, 1.807) is 0 Å². The smallest absolute Gasteiger partial charge is 0.120 e. The van der Waals surface area contributed by atoms with Crippen LogP contribution in [0.1, 0.15) is 30.5 Å². The zero-order valence-corrected chi connectivity index (χ0v) is 20.4. The summed E-state index contributed by atoms with van der Waals surface area (Å²) < 4.78 is 0. The molecule has 4 aromatic carbocycles. The van der Waals surface area contributed by atoms with E-state index in [1.165, 1.54) is 0 Å². The summed E-state index contributed by atoms with van der Waals surface area (Å²) in [5.74, 6) is 0. The maximum absolute atomic E-state index is 5.01. The van der Waals surface area contributed by atoms with Gasteiger partial charge in [-0.05, 0) is 73.9 Å². The molecule has 0 N–H and O–H groups in total. The van der Waals surface area contributed by atoms with Crippen molar-refractivity contribution >= 4 is 66.2 Å². The third kappa shape index (κ3) is 3.33. The second-order valence-corrected chi connectivity index (χ2v) is 8.74. The molecule has 170 valence electrons. The van der Waals surface area contributed by atoms with Crippen LogP contribution in [0, 0.1) is 20.8 Å². The molecule has 0 aliphatic heterocycles. The van der Waals surface area contributed by atoms with Gasteiger partial charge in [0.15, 0.2) is 0 Å². The van der Waals surface area contributed by atoms with Gasteiger partial charge in [0.05, 0.1) is 33.1 Å². The second-order valence-electron chi connectivity index (χ2n) is 8.74. The van der Waals surface area contributed by atoms with Crippen LogP contribution in [0.4, 0.5) is 0 Å². The van der Waals surface area contributed by atoms with Crippen molar-refractivity contribution in [3.63, 3.8) is 0 Å². The number of hydrogen-bond donors (Lipinski definition) is 0. The Morgan fingerprint density at radius 3 is 0.829 bits per heavy atom. The average molecular weight is 457 g/mol. The molecular weight excluding hydrogens is 432 g/mol. The molecule has 0 bridgehead atoms. The first-order valence-corrected chi connectivity index (χ1v) is 11.9. The molecule has 7 aromatic rings. The van der Waals surface area contributed by atoms with Crippen LogP contribution in [0.25, 0.3) is 66.2 Å². The number of benzene rings is 4. The number of aryl methyl sites for hydroxylation is 3. The van der Waals surface area contributed by atoms with Gasteiger partial charge in [-0.1, -0.05) is 32.0 Å². The van der Waals surface area contributed by atoms with E-state index < -0.39 is 0 Å². The molecule has 0 aliphatic rings. The summed E-state index contributed by atoms with van der Waals surface area (Å²) in [6.45, 7) is 10.2. The molecule has 6 heteroatoms. The molecule has 0 radical (unpaired) electrons. The van der Waals surface area contributed by atoms with E-state index in [0.717, 1.165) is 49.8 Å². The predicted octanol–water partition coefficient (Wildman–Crippen LogP) is 6.93. The topological polar surface area (TPSA) is 77.3 Å². The molecule has 0 unspecified atom stereocenters. The first-order valence-electron chi connectivity index (χ1n) is 11.9. The molecular formula is C29H24N6. The van der Waals surface area contributed by atoms with Crippen LogP contribution < -0.4 is 0 Å². The van der Waals surface area contributed by atoms with Crippen LogP contribution in [-0.4, -0.2) is 29.9 Å². The van der Waals surface area contributed by atoms with Gasteiger partial charge in [-0.25, -0.2) is 29.9 Å². The van der Waals surface area contributed by atoms with Crippen molar-refractivity contribution in [3.8, 4) is 0 Å². The Labute approximate surface area is 202 Å². The Bertz CT molecular complexity index is 1700. The molecule has 7 rings (SSSR count). The Morgan fingerprint density at radius 1 is 0.343 bits per heavy atom. The van der Waals surface area contributed by atoms with E-state index >= 15 is 0 Å². The lowest BCUT2D eigenvalue weighted by Gasteiger charge is -2.11. The van der Waals surface area contributed by atoms with Crippen LogP contribution in [0.5, 0.6) is 0 Å². The molecule has 0 saturated carbocycles. The van der Waals surface area contributed by atoms with Gasteiger partial charge >= 0.3 is 0 Å². The first kappa shape index (κ1) is 21.2. The number of nitrogens with zero attached hydrogens (tertiary/aromatic N) is 6. The number of rotatable bonds is 0. The maximum Gasteiger partial charge on any atom is 0.120 e. The Morgan fingerprint density at radius 2 is 0.571 bits per heavy atom. The lowest BCUT2D eigenvalue weighted by Crippen LogP contribution is -1.99. The van der Waals surface area contributed by atoms with Crippen molar-refractivity contribution in [3.05, 3.63) is 71.3 Å². The molecule has 0 amide bonds. The summed E-state index contributed by atoms with van der Waals surface area (Å²) in [6, 6.07) is 18.3. The fourth-order valence-electron chi connectivity index (χ4n) is 4.48. The molecule has 6 nitrogen and oxygen atoms in total. The fraction of sp³-hybridized carbons (Fsp3) is 0.172. The van der Waals surface area contributed by atoms with Crippen molar-refractivity contribution in [1.82, 2.24) is 29.9 Å². The van der Waals surface area contributed by atoms with Crippen molar-refractivity contribution in [2.45, 2.75) is 34.6 Å². The van der Waals surface area contributed by atoms with Crippen LogP contribution in [0.15, 0.2) is 54.6 Å². The Hall–Kier alpha value is -4.32. The van der Waals surface area contributed by atoms with E-state index in [9.17, 15) is 0 Å². The number of hydrogen-bond acceptors (Lipinski definition) is 6. The third-order valence-corrected chi connectivity index (χ3v) is 6.13. The minimum atomic E-state index is 0.700. The monoisotopic (exact) mass is 456 g/mol. The summed E-state index contributed by atoms with van der Waals surface area (Å²) >= 11 is 0. The van der Waals surface area contributed by atoms with Gasteiger partial charge in [-0.15, -0.1) is 0 Å². The van der Waals surface area contributed by atoms with Crippen LogP contribution in [0.3, 0.4) is 0 Å². The van der Waals surface area contributed by atoms with Gasteiger partial charge in [0.25, 0.3) is 0 Å². The summed E-state index contributed by atoms with van der Waals surface area (Å²) in [5, 5.41) is 0. The van der Waals surface area contributed by atoms with E-state index in [4.69, 9.17) is 29.9 Å². The maximum atomic E-state index is 5.01. The minimum absolute atomic E-state index is 0.700. The second kappa shape index (κ2) is 7.87. The van der Waals surface area contributed by atoms with Crippen molar-refractivity contribution in [1.29, 1.82) is 0 Å². The Balaban J connectivity index is 0.00000112. The van der Waals surface area contributed by atoms with Gasteiger partial charge < -0.3 is 0 Å². The van der Waals surface area contributed by atoms with Crippen LogP contribution in [0.2, 0.25) is 0 Å². The summed E-state index contributed by atoms with van der Waals surface area (Å²) in [4.78, 5) is 30.0. The van der Waals surface area contributed by atoms with Crippen molar-refractivity contribution in [2.75, 3.05) is 0 Å². The third-order valence-electron chi connectivity index (χ3n) is 6.13. The highest BCUT2D eigenvalue weighted by molar-refractivity contribution is 6.20. The van der Waals surface area contributed by atoms with Crippen LogP contribution >= 0.6 is 0 Å². The van der Waals surface area contributed by atoms with Crippen molar-refractivity contribution in [2.24, 2.45) is 0 Å². The highest BCUT2D eigenvalue weighted by Crippen LogP contribution is 2.33. The summed E-state index contributed by atoms with van der Waals surface area (Å²) in [7, 11) is 0. The quantitative estimate of drug-likeness (QED) is 0.182. The van der Waals surface area contributed by atoms with Gasteiger partial charge in [0, 0.05) is 0 Å². The molecule has 0 saturated heterocycles. The van der Waals surface area contributed by atoms with Crippen molar-refractivity contribution < 1.29 is 0 Å². The standard InChI is InChI=1S/C27H18N6.C2H6/c1-13-4-7-16-19(10-13)31-25-22(28-16)26-24(30-18-9-6-15(3)12-21(18)32-26)27-23(25)29-17-8-5-14(2)11-20(17)33-27;1-2/h4-12H,1-3H3;1-2H3. The van der Waals surface area contributed by atoms with E-state index in [2.05, 4.69) is 20.8 Å². The lowest BCUT2D eigenvalue weighted by atomic mass is 10.1. The largest absolute Gasteiger partial charge is 0.242 e. The molecule has 0 fully saturated rings. The highest BCUT2D eigenvalue weighted by atomic mass is 14.9. The molecule has 35 heavy (non-hydrogen) atoms. The van der Waals surface area contributed by atoms with Gasteiger partial charge in [-0.2, -0.15) is 0 Å². The normalized spacial score (nSPS) is 11.6. The molecule has 0 atom stereocenters. The van der Waals surface area contributed by atoms with E-state index in [-0.39, 0.29) is 0 Å². The van der Waals surface area contributed by atoms with E-state index in [1.807, 2.05) is 68.4 Å². The highest BCUT2D eigenvalue weighted by Gasteiger charge is 2.18. The molecule has 0 aliphatic carbocycles.